The van der Waals surface area contributed by atoms with Crippen LogP contribution in [0.2, 0.25) is 0 Å². The molecule has 19 heavy (non-hydrogen) atoms. The molecule has 0 saturated carbocycles. The Balaban J connectivity index is 2.14. The van der Waals surface area contributed by atoms with E-state index in [1.54, 1.807) is 37.4 Å². The van der Waals surface area contributed by atoms with Gasteiger partial charge in [0.1, 0.15) is 11.4 Å². The molecule has 0 aliphatic heterocycles. The number of benzene rings is 1. The predicted molar refractivity (Wildman–Crippen MR) is 77.3 cm³/mol. The molecular formula is C13H12BrN3O2. The summed E-state index contributed by atoms with van der Waals surface area (Å²) in [5.74, 6) is 0.403. The zero-order valence-electron chi connectivity index (χ0n) is 10.2. The van der Waals surface area contributed by atoms with Gasteiger partial charge in [-0.15, -0.1) is 0 Å². The summed E-state index contributed by atoms with van der Waals surface area (Å²) in [6.07, 6.45) is 1.44. The van der Waals surface area contributed by atoms with Crippen molar-refractivity contribution in [3.05, 3.63) is 46.7 Å². The van der Waals surface area contributed by atoms with Crippen molar-refractivity contribution in [3.8, 4) is 5.75 Å². The first-order chi connectivity index (χ1) is 9.10. The maximum absolute atomic E-state index is 11.9. The third-order valence-corrected chi connectivity index (χ3v) is 3.05. The molecule has 0 fully saturated rings. The number of aromatic nitrogens is 1. The number of halogens is 1. The summed E-state index contributed by atoms with van der Waals surface area (Å²) in [6, 6.07) is 8.47. The molecule has 0 saturated heterocycles. The van der Waals surface area contributed by atoms with Gasteiger partial charge in [-0.2, -0.15) is 0 Å². The summed E-state index contributed by atoms with van der Waals surface area (Å²) >= 11 is 3.35. The Hall–Kier alpha value is -2.08. The molecule has 0 radical (unpaired) electrons. The molecule has 2 rings (SSSR count). The van der Waals surface area contributed by atoms with Crippen molar-refractivity contribution >= 4 is 33.2 Å². The number of anilines is 2. The largest absolute Gasteiger partial charge is 0.496 e. The lowest BCUT2D eigenvalue weighted by Gasteiger charge is -2.08. The number of methoxy groups -OCH3 is 1. The SMILES string of the molecule is COc1ccc(NC(=O)c2ccc(N)cn2)cc1Br. The molecule has 0 atom stereocenters. The van der Waals surface area contributed by atoms with Crippen molar-refractivity contribution in [1.82, 2.24) is 4.98 Å². The van der Waals surface area contributed by atoms with Gasteiger partial charge in [0.15, 0.2) is 0 Å². The Morgan fingerprint density at radius 3 is 2.74 bits per heavy atom. The van der Waals surface area contributed by atoms with Crippen LogP contribution in [0.4, 0.5) is 11.4 Å². The zero-order chi connectivity index (χ0) is 13.8. The molecule has 1 heterocycles. The van der Waals surface area contributed by atoms with E-state index >= 15 is 0 Å². The zero-order valence-corrected chi connectivity index (χ0v) is 11.8. The number of rotatable bonds is 3. The second-order valence-corrected chi connectivity index (χ2v) is 4.63. The van der Waals surface area contributed by atoms with Gasteiger partial charge in [-0.25, -0.2) is 4.98 Å². The number of amides is 1. The number of pyridine rings is 1. The normalized spacial score (nSPS) is 10.0. The summed E-state index contributed by atoms with van der Waals surface area (Å²) in [6.45, 7) is 0. The van der Waals surface area contributed by atoms with Gasteiger partial charge in [-0.1, -0.05) is 0 Å². The highest BCUT2D eigenvalue weighted by atomic mass is 79.9. The lowest BCUT2D eigenvalue weighted by atomic mass is 10.2. The van der Waals surface area contributed by atoms with Crippen molar-refractivity contribution in [2.45, 2.75) is 0 Å². The number of carbonyl (C=O) groups is 1. The molecular weight excluding hydrogens is 310 g/mol. The Morgan fingerprint density at radius 2 is 2.16 bits per heavy atom. The molecule has 1 aromatic carbocycles. The number of nitrogen functional groups attached to an aromatic ring is 1. The average molecular weight is 322 g/mol. The molecule has 98 valence electrons. The number of nitrogens with one attached hydrogen (secondary N) is 1. The fourth-order valence-electron chi connectivity index (χ4n) is 1.48. The molecule has 0 unspecified atom stereocenters. The monoisotopic (exact) mass is 321 g/mol. The molecule has 3 N–H and O–H groups in total. The number of nitrogens with zero attached hydrogens (tertiary/aromatic N) is 1. The van der Waals surface area contributed by atoms with Crippen LogP contribution in [-0.4, -0.2) is 18.0 Å². The van der Waals surface area contributed by atoms with Crippen LogP contribution in [0.3, 0.4) is 0 Å². The fraction of sp³-hybridized carbons (Fsp3) is 0.0769. The summed E-state index contributed by atoms with van der Waals surface area (Å²) in [7, 11) is 1.58. The third-order valence-electron chi connectivity index (χ3n) is 2.43. The number of hydrogen-bond acceptors (Lipinski definition) is 4. The van der Waals surface area contributed by atoms with Crippen molar-refractivity contribution in [1.29, 1.82) is 0 Å². The van der Waals surface area contributed by atoms with E-state index in [1.807, 2.05) is 0 Å². The van der Waals surface area contributed by atoms with E-state index in [0.29, 0.717) is 22.8 Å². The van der Waals surface area contributed by atoms with Gasteiger partial charge in [-0.3, -0.25) is 4.79 Å². The summed E-state index contributed by atoms with van der Waals surface area (Å²) < 4.78 is 5.88. The van der Waals surface area contributed by atoms with E-state index in [-0.39, 0.29) is 5.91 Å². The van der Waals surface area contributed by atoms with Crippen LogP contribution in [0.15, 0.2) is 41.0 Å². The molecule has 0 spiro atoms. The van der Waals surface area contributed by atoms with E-state index in [4.69, 9.17) is 10.5 Å². The van der Waals surface area contributed by atoms with Crippen molar-refractivity contribution in [3.63, 3.8) is 0 Å². The van der Waals surface area contributed by atoms with Gasteiger partial charge in [0.25, 0.3) is 5.91 Å². The molecule has 6 heteroatoms. The number of ether oxygens (including phenoxy) is 1. The van der Waals surface area contributed by atoms with E-state index in [1.165, 1.54) is 6.20 Å². The van der Waals surface area contributed by atoms with Gasteiger partial charge >= 0.3 is 0 Å². The first kappa shape index (κ1) is 13.4. The third kappa shape index (κ3) is 3.23. The summed E-state index contributed by atoms with van der Waals surface area (Å²) in [5.41, 5.74) is 6.99. The van der Waals surface area contributed by atoms with Crippen molar-refractivity contribution in [2.24, 2.45) is 0 Å². The molecule has 2 aromatic rings. The average Bonchev–Trinajstić information content (AvgIpc) is 2.39. The van der Waals surface area contributed by atoms with E-state index < -0.39 is 0 Å². The maximum atomic E-state index is 11.9. The Bertz CT molecular complexity index is 599. The summed E-state index contributed by atoms with van der Waals surface area (Å²) in [5, 5.41) is 2.74. The smallest absolute Gasteiger partial charge is 0.274 e. The first-order valence-electron chi connectivity index (χ1n) is 5.46. The Kier molecular flexibility index (Phi) is 4.01. The van der Waals surface area contributed by atoms with Gasteiger partial charge < -0.3 is 15.8 Å². The molecule has 0 aliphatic rings. The fourth-order valence-corrected chi connectivity index (χ4v) is 2.02. The molecule has 0 bridgehead atoms. The van der Waals surface area contributed by atoms with Crippen LogP contribution in [0.5, 0.6) is 5.75 Å². The standard InChI is InChI=1S/C13H12BrN3O2/c1-19-12-5-3-9(6-10(12)14)17-13(18)11-4-2-8(15)7-16-11/h2-7H,15H2,1H3,(H,17,18). The van der Waals surface area contributed by atoms with Gasteiger partial charge in [0.05, 0.1) is 23.5 Å². The van der Waals surface area contributed by atoms with Crippen LogP contribution in [0.1, 0.15) is 10.5 Å². The predicted octanol–water partition coefficient (Wildman–Crippen LogP) is 2.69. The van der Waals surface area contributed by atoms with Crippen LogP contribution >= 0.6 is 15.9 Å². The van der Waals surface area contributed by atoms with Gasteiger partial charge in [0.2, 0.25) is 0 Å². The molecule has 1 amide bonds. The molecule has 0 aliphatic carbocycles. The topological polar surface area (TPSA) is 77.2 Å². The summed E-state index contributed by atoms with van der Waals surface area (Å²) in [4.78, 5) is 15.9. The minimum Gasteiger partial charge on any atom is -0.496 e. The lowest BCUT2D eigenvalue weighted by molar-refractivity contribution is 0.102. The van der Waals surface area contributed by atoms with Gasteiger partial charge in [-0.05, 0) is 46.3 Å². The minimum atomic E-state index is -0.294. The molecule has 5 nitrogen and oxygen atoms in total. The number of nitrogens with two attached hydrogens (primary N) is 1. The van der Waals surface area contributed by atoms with Crippen molar-refractivity contribution in [2.75, 3.05) is 18.2 Å². The van der Waals surface area contributed by atoms with Crippen LogP contribution in [0, 0.1) is 0 Å². The highest BCUT2D eigenvalue weighted by Gasteiger charge is 2.08. The van der Waals surface area contributed by atoms with Crippen molar-refractivity contribution < 1.29 is 9.53 Å². The lowest BCUT2D eigenvalue weighted by Crippen LogP contribution is -2.13. The highest BCUT2D eigenvalue weighted by Crippen LogP contribution is 2.27. The van der Waals surface area contributed by atoms with Crippen LogP contribution in [-0.2, 0) is 0 Å². The van der Waals surface area contributed by atoms with Crippen LogP contribution < -0.4 is 15.8 Å². The van der Waals surface area contributed by atoms with Crippen LogP contribution in [0.25, 0.3) is 0 Å². The first-order valence-corrected chi connectivity index (χ1v) is 6.26. The van der Waals surface area contributed by atoms with E-state index in [9.17, 15) is 4.79 Å². The number of hydrogen-bond donors (Lipinski definition) is 2. The highest BCUT2D eigenvalue weighted by molar-refractivity contribution is 9.10. The Labute approximate surface area is 118 Å². The minimum absolute atomic E-state index is 0.294. The Morgan fingerprint density at radius 1 is 1.37 bits per heavy atom. The molecule has 1 aromatic heterocycles. The number of carbonyl (C=O) groups excluding carboxylic acids is 1. The van der Waals surface area contributed by atoms with E-state index in [0.717, 1.165) is 4.47 Å². The van der Waals surface area contributed by atoms with Gasteiger partial charge in [0, 0.05) is 5.69 Å². The maximum Gasteiger partial charge on any atom is 0.274 e. The quantitative estimate of drug-likeness (QED) is 0.911. The van der Waals surface area contributed by atoms with E-state index in [2.05, 4.69) is 26.2 Å². The second kappa shape index (κ2) is 5.71. The second-order valence-electron chi connectivity index (χ2n) is 3.78.